The Hall–Kier alpha value is -2.13. The summed E-state index contributed by atoms with van der Waals surface area (Å²) in [7, 11) is 2.95. The minimum atomic E-state index is -0.460. The Morgan fingerprint density at radius 3 is 2.54 bits per heavy atom. The van der Waals surface area contributed by atoms with Crippen LogP contribution in [-0.4, -0.2) is 44.2 Å². The molecule has 2 N–H and O–H groups in total. The number of hydrogen-bond donors (Lipinski definition) is 2. The quantitative estimate of drug-likeness (QED) is 0.616. The molecule has 0 aliphatic heterocycles. The molecule has 0 aliphatic rings. The second-order valence-corrected chi connectivity index (χ2v) is 5.35. The van der Waals surface area contributed by atoms with Gasteiger partial charge >= 0.3 is 5.69 Å². The first-order chi connectivity index (χ1) is 11.0. The van der Waals surface area contributed by atoms with Crippen LogP contribution in [0.5, 0.6) is 0 Å². The number of nitrogens with zero attached hydrogens (tertiary/aromatic N) is 4. The standard InChI is InChI=1S/C14H22N6O3.ClH/c1-4-5-15-6-7-16-10(21)8-20-9-17-12-11(20)13(22)19(3)14(23)18(12)2;/h9,15H,4-8H2,1-3H3,(H,16,21);1H. The van der Waals surface area contributed by atoms with E-state index in [0.29, 0.717) is 13.1 Å². The van der Waals surface area contributed by atoms with E-state index in [4.69, 9.17) is 0 Å². The monoisotopic (exact) mass is 358 g/mol. The van der Waals surface area contributed by atoms with Crippen LogP contribution in [0.15, 0.2) is 15.9 Å². The van der Waals surface area contributed by atoms with E-state index >= 15 is 0 Å². The fourth-order valence-corrected chi connectivity index (χ4v) is 2.32. The molecule has 2 heterocycles. The van der Waals surface area contributed by atoms with Crippen LogP contribution in [0.25, 0.3) is 11.2 Å². The first kappa shape index (κ1) is 19.9. The average molecular weight is 359 g/mol. The Morgan fingerprint density at radius 2 is 1.88 bits per heavy atom. The third-order valence-electron chi connectivity index (χ3n) is 3.58. The van der Waals surface area contributed by atoms with Gasteiger partial charge in [0, 0.05) is 27.2 Å². The highest BCUT2D eigenvalue weighted by Crippen LogP contribution is 2.04. The van der Waals surface area contributed by atoms with E-state index in [-0.39, 0.29) is 36.0 Å². The number of amides is 1. The second-order valence-electron chi connectivity index (χ2n) is 5.35. The molecule has 0 atom stereocenters. The van der Waals surface area contributed by atoms with Crippen LogP contribution in [0.4, 0.5) is 0 Å². The summed E-state index contributed by atoms with van der Waals surface area (Å²) in [5.74, 6) is -0.210. The summed E-state index contributed by atoms with van der Waals surface area (Å²) in [4.78, 5) is 40.1. The topological polar surface area (TPSA) is 103 Å². The van der Waals surface area contributed by atoms with Crippen molar-refractivity contribution in [3.05, 3.63) is 27.2 Å². The largest absolute Gasteiger partial charge is 0.353 e. The Bertz CT molecular complexity index is 822. The lowest BCUT2D eigenvalue weighted by Gasteiger charge is -2.08. The number of carbonyl (C=O) groups is 1. The molecule has 24 heavy (non-hydrogen) atoms. The van der Waals surface area contributed by atoms with Crippen molar-refractivity contribution < 1.29 is 4.79 Å². The molecule has 2 aromatic heterocycles. The lowest BCUT2D eigenvalue weighted by atomic mass is 10.4. The van der Waals surface area contributed by atoms with Gasteiger partial charge in [0.25, 0.3) is 5.56 Å². The second kappa shape index (κ2) is 8.65. The summed E-state index contributed by atoms with van der Waals surface area (Å²) in [6, 6.07) is 0. The lowest BCUT2D eigenvalue weighted by Crippen LogP contribution is -2.38. The van der Waals surface area contributed by atoms with Crippen molar-refractivity contribution in [2.24, 2.45) is 14.1 Å². The molecule has 2 aromatic rings. The predicted octanol–water partition coefficient (Wildman–Crippen LogP) is -1.03. The van der Waals surface area contributed by atoms with Crippen LogP contribution in [0.2, 0.25) is 0 Å². The van der Waals surface area contributed by atoms with Gasteiger partial charge < -0.3 is 15.2 Å². The number of nitrogens with one attached hydrogen (secondary N) is 2. The van der Waals surface area contributed by atoms with Gasteiger partial charge in [-0.2, -0.15) is 0 Å². The number of aromatic nitrogens is 4. The number of halogens is 1. The van der Waals surface area contributed by atoms with Gasteiger partial charge in [0.05, 0.1) is 6.33 Å². The maximum Gasteiger partial charge on any atom is 0.332 e. The van der Waals surface area contributed by atoms with E-state index in [1.165, 1.54) is 22.5 Å². The summed E-state index contributed by atoms with van der Waals surface area (Å²) in [5, 5.41) is 5.96. The molecule has 0 spiro atoms. The van der Waals surface area contributed by atoms with Gasteiger partial charge in [-0.05, 0) is 13.0 Å². The molecule has 0 aliphatic carbocycles. The highest BCUT2D eigenvalue weighted by atomic mass is 35.5. The van der Waals surface area contributed by atoms with E-state index in [0.717, 1.165) is 17.5 Å². The number of rotatable bonds is 7. The van der Waals surface area contributed by atoms with Crippen LogP contribution in [0.1, 0.15) is 13.3 Å². The van der Waals surface area contributed by atoms with Gasteiger partial charge in [0.1, 0.15) is 6.54 Å². The Morgan fingerprint density at radius 1 is 1.17 bits per heavy atom. The molecule has 0 aromatic carbocycles. The maximum atomic E-state index is 12.2. The first-order valence-electron chi connectivity index (χ1n) is 7.55. The number of fused-ring (bicyclic) bond motifs is 1. The zero-order valence-corrected chi connectivity index (χ0v) is 14.9. The van der Waals surface area contributed by atoms with E-state index in [2.05, 4.69) is 22.5 Å². The van der Waals surface area contributed by atoms with Gasteiger partial charge in [-0.3, -0.25) is 18.7 Å². The minimum absolute atomic E-state index is 0. The van der Waals surface area contributed by atoms with Gasteiger partial charge in [0.2, 0.25) is 5.91 Å². The minimum Gasteiger partial charge on any atom is -0.353 e. The fourth-order valence-electron chi connectivity index (χ4n) is 2.32. The summed E-state index contributed by atoms with van der Waals surface area (Å²) >= 11 is 0. The zero-order chi connectivity index (χ0) is 17.0. The molecule has 0 saturated carbocycles. The predicted molar refractivity (Wildman–Crippen MR) is 93.6 cm³/mol. The molecule has 9 nitrogen and oxygen atoms in total. The molecular formula is C14H23ClN6O3. The van der Waals surface area contributed by atoms with Crippen molar-refractivity contribution in [2.75, 3.05) is 19.6 Å². The molecule has 0 fully saturated rings. The van der Waals surface area contributed by atoms with Crippen LogP contribution < -0.4 is 21.9 Å². The van der Waals surface area contributed by atoms with Crippen LogP contribution in [-0.2, 0) is 25.4 Å². The molecule has 134 valence electrons. The van der Waals surface area contributed by atoms with E-state index in [9.17, 15) is 14.4 Å². The van der Waals surface area contributed by atoms with Crippen molar-refractivity contribution in [3.8, 4) is 0 Å². The summed E-state index contributed by atoms with van der Waals surface area (Å²) in [5.41, 5.74) is -0.387. The lowest BCUT2D eigenvalue weighted by molar-refractivity contribution is -0.121. The summed E-state index contributed by atoms with van der Waals surface area (Å²) < 4.78 is 3.76. The highest BCUT2D eigenvalue weighted by Gasteiger charge is 2.15. The van der Waals surface area contributed by atoms with E-state index < -0.39 is 11.2 Å². The molecular weight excluding hydrogens is 336 g/mol. The van der Waals surface area contributed by atoms with Gasteiger partial charge in [-0.1, -0.05) is 6.92 Å². The third kappa shape index (κ3) is 4.04. The van der Waals surface area contributed by atoms with Crippen LogP contribution >= 0.6 is 12.4 Å². The third-order valence-corrected chi connectivity index (χ3v) is 3.58. The van der Waals surface area contributed by atoms with Gasteiger partial charge in [-0.25, -0.2) is 9.78 Å². The summed E-state index contributed by atoms with van der Waals surface area (Å²) in [6.07, 6.45) is 2.44. The van der Waals surface area contributed by atoms with Crippen molar-refractivity contribution in [1.82, 2.24) is 29.3 Å². The van der Waals surface area contributed by atoms with Crippen molar-refractivity contribution in [1.29, 1.82) is 0 Å². The van der Waals surface area contributed by atoms with Crippen molar-refractivity contribution in [3.63, 3.8) is 0 Å². The molecule has 2 rings (SSSR count). The smallest absolute Gasteiger partial charge is 0.332 e. The van der Waals surface area contributed by atoms with E-state index in [1.54, 1.807) is 7.05 Å². The Labute approximate surface area is 145 Å². The number of carbonyl (C=O) groups excluding carboxylic acids is 1. The summed E-state index contributed by atoms with van der Waals surface area (Å²) in [6.45, 7) is 4.18. The maximum absolute atomic E-state index is 12.2. The SMILES string of the molecule is CCCNCCNC(=O)Cn1cnc2c1c(=O)n(C)c(=O)n2C.Cl. The number of hydrogen-bond acceptors (Lipinski definition) is 5. The van der Waals surface area contributed by atoms with Crippen LogP contribution in [0.3, 0.4) is 0 Å². The number of imidazole rings is 1. The zero-order valence-electron chi connectivity index (χ0n) is 14.0. The molecule has 0 saturated heterocycles. The van der Waals surface area contributed by atoms with Gasteiger partial charge in [0.15, 0.2) is 11.2 Å². The molecule has 1 amide bonds. The fraction of sp³-hybridized carbons (Fsp3) is 0.571. The Balaban J connectivity index is 0.00000288. The normalized spacial score (nSPS) is 10.6. The average Bonchev–Trinajstić information content (AvgIpc) is 2.94. The first-order valence-corrected chi connectivity index (χ1v) is 7.55. The van der Waals surface area contributed by atoms with Crippen LogP contribution in [0, 0.1) is 0 Å². The van der Waals surface area contributed by atoms with Crippen molar-refractivity contribution in [2.45, 2.75) is 19.9 Å². The van der Waals surface area contributed by atoms with Gasteiger partial charge in [-0.15, -0.1) is 12.4 Å². The van der Waals surface area contributed by atoms with E-state index in [1.807, 2.05) is 0 Å². The molecule has 0 unspecified atom stereocenters. The molecule has 10 heteroatoms. The van der Waals surface area contributed by atoms with Crippen molar-refractivity contribution >= 4 is 29.5 Å². The highest BCUT2D eigenvalue weighted by molar-refractivity contribution is 5.85. The molecule has 0 radical (unpaired) electrons. The Kier molecular flexibility index (Phi) is 7.18. The number of aryl methyl sites for hydroxylation is 1. The molecule has 0 bridgehead atoms.